The molecule has 0 saturated carbocycles. The fraction of sp³-hybridized carbons (Fsp3) is 0.217. The first-order valence-corrected chi connectivity index (χ1v) is 10.2. The molecule has 4 atom stereocenters. The number of hydrogen-bond acceptors (Lipinski definition) is 8. The number of hydrazone groups is 1. The van der Waals surface area contributed by atoms with Gasteiger partial charge in [-0.3, -0.25) is 29.5 Å². The topological polar surface area (TPSA) is 122 Å². The van der Waals surface area contributed by atoms with Crippen LogP contribution < -0.4 is 9.64 Å². The van der Waals surface area contributed by atoms with Crippen molar-refractivity contribution in [2.24, 2.45) is 16.9 Å². The van der Waals surface area contributed by atoms with E-state index in [1.54, 1.807) is 36.4 Å². The van der Waals surface area contributed by atoms with Crippen LogP contribution in [0.4, 0.5) is 11.4 Å². The summed E-state index contributed by atoms with van der Waals surface area (Å²) in [6.07, 6.45) is 4.90. The van der Waals surface area contributed by atoms with Crippen LogP contribution >= 0.6 is 0 Å². The van der Waals surface area contributed by atoms with Gasteiger partial charge in [0.1, 0.15) is 11.8 Å². The SMILES string of the molecule is COc1ccc(N2C(=O)C3C(C2=O)C(C(=O)c2cccc([N+](=O)[O-])c2)N2N=CC=CC32)cc1. The van der Waals surface area contributed by atoms with E-state index < -0.39 is 46.4 Å². The summed E-state index contributed by atoms with van der Waals surface area (Å²) < 4.78 is 5.14. The van der Waals surface area contributed by atoms with Gasteiger partial charge < -0.3 is 4.74 Å². The number of nitro groups is 1. The molecular weight excluding hydrogens is 428 g/mol. The molecule has 3 aliphatic heterocycles. The fourth-order valence-electron chi connectivity index (χ4n) is 4.77. The second kappa shape index (κ2) is 7.66. The molecular formula is C23H18N4O6. The third kappa shape index (κ3) is 3.10. The smallest absolute Gasteiger partial charge is 0.270 e. The molecule has 10 nitrogen and oxygen atoms in total. The minimum atomic E-state index is -1.07. The Bertz CT molecular complexity index is 1240. The molecule has 10 heteroatoms. The van der Waals surface area contributed by atoms with E-state index in [1.165, 1.54) is 42.6 Å². The largest absolute Gasteiger partial charge is 0.497 e. The number of methoxy groups -OCH3 is 1. The van der Waals surface area contributed by atoms with Crippen molar-refractivity contribution in [3.05, 3.63) is 76.4 Å². The third-order valence-corrected chi connectivity index (χ3v) is 6.23. The highest BCUT2D eigenvalue weighted by atomic mass is 16.6. The predicted molar refractivity (Wildman–Crippen MR) is 117 cm³/mol. The highest BCUT2D eigenvalue weighted by Gasteiger charge is 2.64. The summed E-state index contributed by atoms with van der Waals surface area (Å²) in [6, 6.07) is 10.2. The molecule has 166 valence electrons. The lowest BCUT2D eigenvalue weighted by molar-refractivity contribution is -0.384. The molecule has 33 heavy (non-hydrogen) atoms. The van der Waals surface area contributed by atoms with Crippen LogP contribution in [0.3, 0.4) is 0 Å². The number of Topliss-reactive ketones (excluding diaryl/α,β-unsaturated/α-hetero) is 1. The number of non-ortho nitro benzene ring substituents is 1. The van der Waals surface area contributed by atoms with Crippen molar-refractivity contribution in [1.29, 1.82) is 0 Å². The van der Waals surface area contributed by atoms with Crippen molar-refractivity contribution in [2.75, 3.05) is 12.0 Å². The van der Waals surface area contributed by atoms with E-state index in [0.29, 0.717) is 11.4 Å². The van der Waals surface area contributed by atoms with Gasteiger partial charge in [-0.2, -0.15) is 5.10 Å². The van der Waals surface area contributed by atoms with Crippen molar-refractivity contribution in [3.63, 3.8) is 0 Å². The van der Waals surface area contributed by atoms with E-state index in [1.807, 2.05) is 0 Å². The number of ether oxygens (including phenoxy) is 1. The molecule has 5 rings (SSSR count). The normalized spacial score (nSPS) is 25.2. The van der Waals surface area contributed by atoms with Crippen LogP contribution in [0, 0.1) is 22.0 Å². The Morgan fingerprint density at radius 3 is 2.52 bits per heavy atom. The molecule has 0 spiro atoms. The zero-order chi connectivity index (χ0) is 23.3. The van der Waals surface area contributed by atoms with Crippen LogP contribution in [0.2, 0.25) is 0 Å². The van der Waals surface area contributed by atoms with Crippen LogP contribution in [0.25, 0.3) is 0 Å². The maximum Gasteiger partial charge on any atom is 0.270 e. The number of carbonyl (C=O) groups is 3. The van der Waals surface area contributed by atoms with Gasteiger partial charge in [0.25, 0.3) is 5.69 Å². The number of imide groups is 1. The van der Waals surface area contributed by atoms with Crippen molar-refractivity contribution in [3.8, 4) is 5.75 Å². The first-order valence-electron chi connectivity index (χ1n) is 10.2. The molecule has 2 aromatic rings. The minimum Gasteiger partial charge on any atom is -0.497 e. The second-order valence-corrected chi connectivity index (χ2v) is 7.90. The molecule has 0 N–H and O–H groups in total. The molecule has 4 unspecified atom stereocenters. The molecule has 0 aliphatic carbocycles. The lowest BCUT2D eigenvalue weighted by atomic mass is 9.86. The van der Waals surface area contributed by atoms with Crippen molar-refractivity contribution < 1.29 is 24.0 Å². The van der Waals surface area contributed by atoms with Crippen LogP contribution in [-0.2, 0) is 9.59 Å². The second-order valence-electron chi connectivity index (χ2n) is 7.90. The Morgan fingerprint density at radius 1 is 1.09 bits per heavy atom. The maximum absolute atomic E-state index is 13.5. The third-order valence-electron chi connectivity index (χ3n) is 6.23. The number of benzene rings is 2. The number of nitro benzene ring substituents is 1. The lowest BCUT2D eigenvalue weighted by Crippen LogP contribution is -2.46. The number of allylic oxidation sites excluding steroid dienone is 1. The highest BCUT2D eigenvalue weighted by Crippen LogP contribution is 2.46. The number of nitrogens with zero attached hydrogens (tertiary/aromatic N) is 4. The van der Waals surface area contributed by atoms with Gasteiger partial charge in [0.15, 0.2) is 5.78 Å². The number of carbonyl (C=O) groups excluding carboxylic acids is 3. The monoisotopic (exact) mass is 446 g/mol. The first kappa shape index (κ1) is 20.6. The summed E-state index contributed by atoms with van der Waals surface area (Å²) in [5.41, 5.74) is 0.237. The predicted octanol–water partition coefficient (Wildman–Crippen LogP) is 2.20. The van der Waals surface area contributed by atoms with E-state index in [2.05, 4.69) is 5.10 Å². The van der Waals surface area contributed by atoms with Crippen LogP contribution in [-0.4, -0.2) is 52.9 Å². The van der Waals surface area contributed by atoms with Crippen molar-refractivity contribution >= 4 is 35.2 Å². The Balaban J connectivity index is 1.55. The fourth-order valence-corrected chi connectivity index (χ4v) is 4.77. The molecule has 3 aliphatic rings. The maximum atomic E-state index is 13.5. The first-order chi connectivity index (χ1) is 15.9. The van der Waals surface area contributed by atoms with Gasteiger partial charge in [-0.15, -0.1) is 0 Å². The molecule has 0 bridgehead atoms. The summed E-state index contributed by atoms with van der Waals surface area (Å²) in [7, 11) is 1.51. The summed E-state index contributed by atoms with van der Waals surface area (Å²) >= 11 is 0. The zero-order valence-corrected chi connectivity index (χ0v) is 17.4. The average Bonchev–Trinajstić information content (AvgIpc) is 3.31. The highest BCUT2D eigenvalue weighted by molar-refractivity contribution is 6.24. The molecule has 3 heterocycles. The summed E-state index contributed by atoms with van der Waals surface area (Å²) in [5.74, 6) is -2.62. The molecule has 2 fully saturated rings. The van der Waals surface area contributed by atoms with E-state index in [4.69, 9.17) is 4.74 Å². The van der Waals surface area contributed by atoms with Gasteiger partial charge in [-0.25, -0.2) is 4.90 Å². The average molecular weight is 446 g/mol. The van der Waals surface area contributed by atoms with E-state index >= 15 is 0 Å². The van der Waals surface area contributed by atoms with E-state index in [0.717, 1.165) is 4.90 Å². The molecule has 2 aromatic carbocycles. The Kier molecular flexibility index (Phi) is 4.77. The number of rotatable bonds is 5. The van der Waals surface area contributed by atoms with Gasteiger partial charge in [-0.1, -0.05) is 18.2 Å². The Morgan fingerprint density at radius 2 is 1.82 bits per heavy atom. The van der Waals surface area contributed by atoms with Gasteiger partial charge in [-0.05, 0) is 30.3 Å². The number of anilines is 1. The van der Waals surface area contributed by atoms with Gasteiger partial charge in [0.05, 0.1) is 35.6 Å². The molecule has 2 amide bonds. The number of amides is 2. The van der Waals surface area contributed by atoms with E-state index in [-0.39, 0.29) is 11.3 Å². The van der Waals surface area contributed by atoms with Crippen LogP contribution in [0.1, 0.15) is 10.4 Å². The Hall–Kier alpha value is -4.34. The Labute approximate surface area is 187 Å². The standard InChI is InChI=1S/C23H18N4O6/c1-33-16-9-7-14(8-10-16)25-22(29)18-17-6-3-11-24-26(17)20(19(18)23(25)30)21(28)13-4-2-5-15(12-13)27(31)32/h2-12,17-20H,1H3. The number of ketones is 1. The van der Waals surface area contributed by atoms with Gasteiger partial charge >= 0.3 is 0 Å². The van der Waals surface area contributed by atoms with Crippen LogP contribution in [0.15, 0.2) is 65.8 Å². The van der Waals surface area contributed by atoms with Crippen molar-refractivity contribution in [2.45, 2.75) is 12.1 Å². The van der Waals surface area contributed by atoms with Gasteiger partial charge in [0.2, 0.25) is 11.8 Å². The molecule has 0 radical (unpaired) electrons. The van der Waals surface area contributed by atoms with E-state index in [9.17, 15) is 24.5 Å². The lowest BCUT2D eigenvalue weighted by Gasteiger charge is -2.30. The number of fused-ring (bicyclic) bond motifs is 3. The van der Waals surface area contributed by atoms with Crippen LogP contribution in [0.5, 0.6) is 5.75 Å². The minimum absolute atomic E-state index is 0.0847. The summed E-state index contributed by atoms with van der Waals surface area (Å²) in [6.45, 7) is 0. The summed E-state index contributed by atoms with van der Waals surface area (Å²) in [5, 5.41) is 16.9. The summed E-state index contributed by atoms with van der Waals surface area (Å²) in [4.78, 5) is 52.2. The van der Waals surface area contributed by atoms with Gasteiger partial charge in [0, 0.05) is 23.9 Å². The van der Waals surface area contributed by atoms with Crippen molar-refractivity contribution in [1.82, 2.24) is 5.01 Å². The number of hydrogen-bond donors (Lipinski definition) is 0. The quantitative estimate of drug-likeness (QED) is 0.299. The molecule has 2 saturated heterocycles. The molecule has 0 aromatic heterocycles. The zero-order valence-electron chi connectivity index (χ0n) is 17.4.